The topological polar surface area (TPSA) is 0 Å². The van der Waals surface area contributed by atoms with Crippen LogP contribution in [0.5, 0.6) is 0 Å². The van der Waals surface area contributed by atoms with E-state index in [0.29, 0.717) is 5.92 Å². The van der Waals surface area contributed by atoms with Crippen molar-refractivity contribution in [2.24, 2.45) is 5.92 Å². The number of benzene rings is 3. The summed E-state index contributed by atoms with van der Waals surface area (Å²) in [6, 6.07) is 26.2. The summed E-state index contributed by atoms with van der Waals surface area (Å²) in [7, 11) is 0. The average Bonchev–Trinajstić information content (AvgIpc) is 2.66. The lowest BCUT2D eigenvalue weighted by molar-refractivity contribution is 0.592. The van der Waals surface area contributed by atoms with E-state index >= 15 is 0 Å². The van der Waals surface area contributed by atoms with Crippen molar-refractivity contribution >= 4 is 6.08 Å². The molecule has 0 atom stereocenters. The monoisotopic (exact) mass is 354 g/mol. The fraction of sp³-hybridized carbons (Fsp3) is 0.259. The van der Waals surface area contributed by atoms with Gasteiger partial charge in [0.15, 0.2) is 0 Å². The van der Waals surface area contributed by atoms with Crippen LogP contribution in [-0.2, 0) is 5.41 Å². The van der Waals surface area contributed by atoms with Crippen molar-refractivity contribution in [1.29, 1.82) is 0 Å². The van der Waals surface area contributed by atoms with Crippen LogP contribution in [0.2, 0.25) is 0 Å². The molecule has 27 heavy (non-hydrogen) atoms. The molecule has 0 amide bonds. The van der Waals surface area contributed by atoms with Crippen LogP contribution in [0, 0.1) is 5.92 Å². The Morgan fingerprint density at radius 2 is 1.22 bits per heavy atom. The Morgan fingerprint density at radius 3 is 1.70 bits per heavy atom. The Kier molecular flexibility index (Phi) is 5.65. The van der Waals surface area contributed by atoms with Gasteiger partial charge in [0.1, 0.15) is 0 Å². The predicted molar refractivity (Wildman–Crippen MR) is 120 cm³/mol. The fourth-order valence-electron chi connectivity index (χ4n) is 3.40. The van der Waals surface area contributed by atoms with Gasteiger partial charge in [0.05, 0.1) is 0 Å². The van der Waals surface area contributed by atoms with Gasteiger partial charge in [-0.3, -0.25) is 0 Å². The molecule has 0 unspecified atom stereocenters. The van der Waals surface area contributed by atoms with Crippen molar-refractivity contribution in [3.05, 3.63) is 90.0 Å². The molecule has 3 rings (SSSR count). The van der Waals surface area contributed by atoms with Crippen LogP contribution >= 0.6 is 0 Å². The van der Waals surface area contributed by atoms with Crippen LogP contribution in [0.3, 0.4) is 0 Å². The molecule has 0 aliphatic heterocycles. The van der Waals surface area contributed by atoms with Gasteiger partial charge >= 0.3 is 0 Å². The smallest absolute Gasteiger partial charge is 0.0108 e. The van der Waals surface area contributed by atoms with E-state index in [-0.39, 0.29) is 5.41 Å². The molecule has 3 aromatic rings. The van der Waals surface area contributed by atoms with Gasteiger partial charge < -0.3 is 0 Å². The minimum Gasteiger partial charge on any atom is -0.0814 e. The quantitative estimate of drug-likeness (QED) is 0.445. The van der Waals surface area contributed by atoms with Crippen LogP contribution in [0.4, 0.5) is 0 Å². The first-order valence-electron chi connectivity index (χ1n) is 9.84. The first-order valence-corrected chi connectivity index (χ1v) is 9.84. The highest BCUT2D eigenvalue weighted by Gasteiger charge is 2.21. The Labute approximate surface area is 164 Å². The van der Waals surface area contributed by atoms with Crippen molar-refractivity contribution < 1.29 is 0 Å². The third kappa shape index (κ3) is 4.57. The van der Waals surface area contributed by atoms with E-state index < -0.39 is 0 Å². The largest absolute Gasteiger partial charge is 0.0814 e. The lowest BCUT2D eigenvalue weighted by Gasteiger charge is -2.25. The minimum absolute atomic E-state index is 0.0645. The summed E-state index contributed by atoms with van der Waals surface area (Å²) in [5.74, 6) is 0.524. The molecule has 0 aromatic heterocycles. The zero-order valence-electron chi connectivity index (χ0n) is 17.2. The van der Waals surface area contributed by atoms with E-state index in [1.807, 2.05) is 0 Å². The van der Waals surface area contributed by atoms with Gasteiger partial charge in [-0.1, -0.05) is 107 Å². The molecule has 0 saturated carbocycles. The molecule has 0 saturated heterocycles. The summed E-state index contributed by atoms with van der Waals surface area (Å²) in [4.78, 5) is 0. The minimum atomic E-state index is 0.0645. The second kappa shape index (κ2) is 7.96. The van der Waals surface area contributed by atoms with Gasteiger partial charge in [-0.15, -0.1) is 0 Å². The molecule has 0 N–H and O–H groups in total. The highest BCUT2D eigenvalue weighted by Crippen LogP contribution is 2.39. The molecule has 0 nitrogen and oxygen atoms in total. The van der Waals surface area contributed by atoms with Gasteiger partial charge in [0.2, 0.25) is 0 Å². The molecule has 0 heteroatoms. The second-order valence-electron chi connectivity index (χ2n) is 8.57. The normalized spacial score (nSPS) is 12.1. The molecular formula is C27H30. The molecule has 0 radical (unpaired) electrons. The van der Waals surface area contributed by atoms with Crippen molar-refractivity contribution in [3.63, 3.8) is 0 Å². The Balaban J connectivity index is 2.30. The Morgan fingerprint density at radius 1 is 0.704 bits per heavy atom. The molecule has 3 aromatic carbocycles. The second-order valence-corrected chi connectivity index (χ2v) is 8.57. The maximum absolute atomic E-state index is 2.40. The van der Waals surface area contributed by atoms with E-state index in [0.717, 1.165) is 0 Å². The lowest BCUT2D eigenvalue weighted by Crippen LogP contribution is -2.13. The summed E-state index contributed by atoms with van der Waals surface area (Å²) >= 11 is 0. The molecule has 0 aliphatic rings. The van der Waals surface area contributed by atoms with E-state index in [1.54, 1.807) is 0 Å². The maximum atomic E-state index is 2.40. The number of hydrogen-bond donors (Lipinski definition) is 0. The molecule has 0 heterocycles. The zero-order chi connectivity index (χ0) is 19.4. The van der Waals surface area contributed by atoms with Crippen molar-refractivity contribution in [3.8, 4) is 22.3 Å². The molecule has 0 fully saturated rings. The van der Waals surface area contributed by atoms with E-state index in [9.17, 15) is 0 Å². The SMILES string of the molecule is CC(C)/C=C/c1cc(-c2ccccc2)c(C(C)(C)C)cc1-c1ccccc1. The molecule has 0 bridgehead atoms. The maximum Gasteiger partial charge on any atom is -0.0108 e. The summed E-state index contributed by atoms with van der Waals surface area (Å²) < 4.78 is 0. The van der Waals surface area contributed by atoms with Gasteiger partial charge in [0, 0.05) is 0 Å². The first kappa shape index (κ1) is 19.2. The third-order valence-corrected chi connectivity index (χ3v) is 4.83. The van der Waals surface area contributed by atoms with Crippen LogP contribution in [-0.4, -0.2) is 0 Å². The summed E-state index contributed by atoms with van der Waals surface area (Å²) in [6.07, 6.45) is 4.57. The highest BCUT2D eigenvalue weighted by molar-refractivity contribution is 5.82. The number of allylic oxidation sites excluding steroid dienone is 1. The number of hydrogen-bond acceptors (Lipinski definition) is 0. The van der Waals surface area contributed by atoms with Gasteiger partial charge in [-0.25, -0.2) is 0 Å². The number of rotatable bonds is 4. The average molecular weight is 355 g/mol. The van der Waals surface area contributed by atoms with Gasteiger partial charge in [-0.05, 0) is 56.8 Å². The molecule has 138 valence electrons. The van der Waals surface area contributed by atoms with Crippen LogP contribution in [0.1, 0.15) is 45.7 Å². The first-order chi connectivity index (χ1) is 12.9. The van der Waals surface area contributed by atoms with Gasteiger partial charge in [0.25, 0.3) is 0 Å². The fourth-order valence-corrected chi connectivity index (χ4v) is 3.40. The van der Waals surface area contributed by atoms with Crippen LogP contribution in [0.15, 0.2) is 78.9 Å². The van der Waals surface area contributed by atoms with Crippen molar-refractivity contribution in [2.45, 2.75) is 40.0 Å². The molecular weight excluding hydrogens is 324 g/mol. The Hall–Kier alpha value is -2.60. The summed E-state index contributed by atoms with van der Waals surface area (Å²) in [5.41, 5.74) is 7.90. The highest BCUT2D eigenvalue weighted by atomic mass is 14.3. The van der Waals surface area contributed by atoms with Crippen molar-refractivity contribution in [1.82, 2.24) is 0 Å². The van der Waals surface area contributed by atoms with E-state index in [2.05, 4.69) is 120 Å². The standard InChI is InChI=1S/C27H30/c1-20(2)16-17-23-18-25(22-14-10-7-11-15-22)26(27(3,4)5)19-24(23)21-12-8-6-9-13-21/h6-20H,1-5H3/b17-16+. The van der Waals surface area contributed by atoms with Gasteiger partial charge in [-0.2, -0.15) is 0 Å². The zero-order valence-corrected chi connectivity index (χ0v) is 17.2. The summed E-state index contributed by atoms with van der Waals surface area (Å²) in [6.45, 7) is 11.3. The van der Waals surface area contributed by atoms with E-state index in [1.165, 1.54) is 33.4 Å². The summed E-state index contributed by atoms with van der Waals surface area (Å²) in [5, 5.41) is 0. The lowest BCUT2D eigenvalue weighted by atomic mass is 9.79. The predicted octanol–water partition coefficient (Wildman–Crippen LogP) is 7.99. The van der Waals surface area contributed by atoms with Crippen molar-refractivity contribution in [2.75, 3.05) is 0 Å². The molecule has 0 spiro atoms. The van der Waals surface area contributed by atoms with E-state index in [4.69, 9.17) is 0 Å². The van der Waals surface area contributed by atoms with Crippen LogP contribution in [0.25, 0.3) is 28.3 Å². The van der Waals surface area contributed by atoms with Crippen LogP contribution < -0.4 is 0 Å². The third-order valence-electron chi connectivity index (χ3n) is 4.83. The Bertz CT molecular complexity index is 908. The molecule has 0 aliphatic carbocycles.